The number of quaternary nitrogens is 1. The van der Waals surface area contributed by atoms with E-state index in [1.807, 2.05) is 60.7 Å². The van der Waals surface area contributed by atoms with E-state index >= 15 is 0 Å². The minimum absolute atomic E-state index is 0. The van der Waals surface area contributed by atoms with Gasteiger partial charge in [0.05, 0.1) is 25.7 Å². The minimum Gasteiger partial charge on any atom is -1.00 e. The summed E-state index contributed by atoms with van der Waals surface area (Å²) in [5, 5.41) is 0. The number of nitrogens with two attached hydrogens (primary N) is 1. The van der Waals surface area contributed by atoms with Crippen molar-refractivity contribution in [2.45, 2.75) is 51.6 Å². The van der Waals surface area contributed by atoms with Crippen LogP contribution in [0.15, 0.2) is 60.7 Å². The molecular formula is C23H33ClN2O. The second kappa shape index (κ2) is 9.38. The van der Waals surface area contributed by atoms with Gasteiger partial charge < -0.3 is 22.6 Å². The number of rotatable bonds is 8. The van der Waals surface area contributed by atoms with Gasteiger partial charge >= 0.3 is 0 Å². The highest BCUT2D eigenvalue weighted by atomic mass is 35.5. The largest absolute Gasteiger partial charge is 1.00 e. The van der Waals surface area contributed by atoms with Crippen LogP contribution in [-0.2, 0) is 10.2 Å². The van der Waals surface area contributed by atoms with Crippen molar-refractivity contribution < 1.29 is 21.7 Å². The van der Waals surface area contributed by atoms with E-state index < -0.39 is 5.41 Å². The standard InChI is InChI=1S/C23H32N2O.ClH/c1-18(2)25(5,19(3)4)17-16-23(22(24)26,20-12-8-6-9-13-20)21-14-10-7-11-15-21;/h6-15,18-19H,16-17H2,1-5H3,(H-,24,26);1H. The van der Waals surface area contributed by atoms with E-state index in [9.17, 15) is 4.79 Å². The third-order valence-electron chi connectivity index (χ3n) is 6.28. The third-order valence-corrected chi connectivity index (χ3v) is 6.28. The second-order valence-electron chi connectivity index (χ2n) is 8.01. The van der Waals surface area contributed by atoms with Gasteiger partial charge in [-0.25, -0.2) is 0 Å². The zero-order valence-electron chi connectivity index (χ0n) is 17.2. The van der Waals surface area contributed by atoms with Crippen molar-refractivity contribution in [3.63, 3.8) is 0 Å². The molecule has 4 heteroatoms. The van der Waals surface area contributed by atoms with E-state index in [1.165, 1.54) is 0 Å². The lowest BCUT2D eigenvalue weighted by Gasteiger charge is -2.45. The molecule has 27 heavy (non-hydrogen) atoms. The molecule has 0 aromatic heterocycles. The van der Waals surface area contributed by atoms with Gasteiger partial charge in [0.2, 0.25) is 5.91 Å². The maximum absolute atomic E-state index is 12.9. The lowest BCUT2D eigenvalue weighted by molar-refractivity contribution is -0.949. The predicted octanol–water partition coefficient (Wildman–Crippen LogP) is 1.12. The molecule has 0 saturated heterocycles. The molecule has 2 aromatic rings. The highest BCUT2D eigenvalue weighted by molar-refractivity contribution is 5.90. The molecular weight excluding hydrogens is 356 g/mol. The van der Waals surface area contributed by atoms with Gasteiger partial charge in [-0.2, -0.15) is 0 Å². The van der Waals surface area contributed by atoms with Gasteiger partial charge in [-0.05, 0) is 38.8 Å². The lowest BCUT2D eigenvalue weighted by atomic mass is 9.71. The van der Waals surface area contributed by atoms with E-state index in [2.05, 4.69) is 34.7 Å². The molecule has 0 aliphatic heterocycles. The monoisotopic (exact) mass is 388 g/mol. The normalized spacial score (nSPS) is 12.1. The molecule has 0 aliphatic carbocycles. The maximum atomic E-state index is 12.9. The highest BCUT2D eigenvalue weighted by Gasteiger charge is 2.43. The molecule has 0 heterocycles. The number of halogens is 1. The topological polar surface area (TPSA) is 43.1 Å². The van der Waals surface area contributed by atoms with Crippen molar-refractivity contribution in [2.24, 2.45) is 5.73 Å². The Bertz CT molecular complexity index is 666. The van der Waals surface area contributed by atoms with Crippen LogP contribution in [0.5, 0.6) is 0 Å². The molecule has 0 fully saturated rings. The van der Waals surface area contributed by atoms with Crippen LogP contribution in [0, 0.1) is 0 Å². The summed E-state index contributed by atoms with van der Waals surface area (Å²) in [7, 11) is 2.27. The van der Waals surface area contributed by atoms with Gasteiger partial charge in [-0.3, -0.25) is 4.79 Å². The Balaban J connectivity index is 0.00000364. The molecule has 2 N–H and O–H groups in total. The molecule has 148 valence electrons. The van der Waals surface area contributed by atoms with Crippen LogP contribution in [0.2, 0.25) is 0 Å². The van der Waals surface area contributed by atoms with Crippen LogP contribution in [-0.4, -0.2) is 36.1 Å². The van der Waals surface area contributed by atoms with Crippen LogP contribution in [0.1, 0.15) is 45.2 Å². The van der Waals surface area contributed by atoms with Gasteiger partial charge in [0, 0.05) is 6.42 Å². The van der Waals surface area contributed by atoms with Gasteiger partial charge in [0.1, 0.15) is 5.41 Å². The fourth-order valence-electron chi connectivity index (χ4n) is 3.83. The van der Waals surface area contributed by atoms with Crippen LogP contribution in [0.25, 0.3) is 0 Å². The first kappa shape index (κ1) is 23.2. The van der Waals surface area contributed by atoms with Crippen LogP contribution >= 0.6 is 0 Å². The average molecular weight is 389 g/mol. The summed E-state index contributed by atoms with van der Waals surface area (Å²) in [6.45, 7) is 9.87. The van der Waals surface area contributed by atoms with E-state index in [1.54, 1.807) is 0 Å². The summed E-state index contributed by atoms with van der Waals surface area (Å²) < 4.78 is 0.898. The Morgan fingerprint density at radius 3 is 1.56 bits per heavy atom. The summed E-state index contributed by atoms with van der Waals surface area (Å²) in [6, 6.07) is 20.9. The van der Waals surface area contributed by atoms with Gasteiger partial charge in [0.25, 0.3) is 0 Å². The Kier molecular flexibility index (Phi) is 8.06. The second-order valence-corrected chi connectivity index (χ2v) is 8.01. The number of amides is 1. The average Bonchev–Trinajstić information content (AvgIpc) is 2.63. The molecule has 0 saturated carbocycles. The lowest BCUT2D eigenvalue weighted by Crippen LogP contribution is -3.00. The molecule has 3 nitrogen and oxygen atoms in total. The number of primary amides is 1. The Morgan fingerprint density at radius 1 is 0.889 bits per heavy atom. The molecule has 0 radical (unpaired) electrons. The molecule has 2 rings (SSSR count). The third kappa shape index (κ3) is 4.53. The zero-order chi connectivity index (χ0) is 19.4. The summed E-state index contributed by atoms with van der Waals surface area (Å²) in [6.07, 6.45) is 0.684. The number of hydrogen-bond acceptors (Lipinski definition) is 1. The summed E-state index contributed by atoms with van der Waals surface area (Å²) in [4.78, 5) is 12.9. The van der Waals surface area contributed by atoms with Crippen LogP contribution in [0.4, 0.5) is 0 Å². The quantitative estimate of drug-likeness (QED) is 0.676. The van der Waals surface area contributed by atoms with Gasteiger partial charge in [-0.1, -0.05) is 60.7 Å². The fourth-order valence-corrected chi connectivity index (χ4v) is 3.83. The van der Waals surface area contributed by atoms with Gasteiger partial charge in [0.15, 0.2) is 0 Å². The first-order chi connectivity index (χ1) is 12.2. The Hall–Kier alpha value is -1.84. The van der Waals surface area contributed by atoms with E-state index in [0.29, 0.717) is 18.5 Å². The summed E-state index contributed by atoms with van der Waals surface area (Å²) in [5.74, 6) is -0.283. The van der Waals surface area contributed by atoms with E-state index in [4.69, 9.17) is 5.73 Å². The summed E-state index contributed by atoms with van der Waals surface area (Å²) in [5.41, 5.74) is 7.20. The molecule has 0 bridgehead atoms. The van der Waals surface area contributed by atoms with Crippen LogP contribution in [0.3, 0.4) is 0 Å². The van der Waals surface area contributed by atoms with Crippen molar-refractivity contribution in [1.29, 1.82) is 0 Å². The number of carbonyl (C=O) groups is 1. The van der Waals surface area contributed by atoms with Crippen molar-refractivity contribution in [3.05, 3.63) is 71.8 Å². The maximum Gasteiger partial charge on any atom is 0.232 e. The molecule has 0 aliphatic rings. The molecule has 2 aromatic carbocycles. The first-order valence-electron chi connectivity index (χ1n) is 9.51. The fraction of sp³-hybridized carbons (Fsp3) is 0.435. The predicted molar refractivity (Wildman–Crippen MR) is 109 cm³/mol. The zero-order valence-corrected chi connectivity index (χ0v) is 17.9. The Morgan fingerprint density at radius 2 is 1.26 bits per heavy atom. The summed E-state index contributed by atoms with van der Waals surface area (Å²) >= 11 is 0. The van der Waals surface area contributed by atoms with Gasteiger partial charge in [-0.15, -0.1) is 0 Å². The Labute approximate surface area is 170 Å². The number of nitrogens with zero attached hydrogens (tertiary/aromatic N) is 1. The van der Waals surface area contributed by atoms with Crippen molar-refractivity contribution >= 4 is 5.91 Å². The number of benzene rings is 2. The number of carbonyl (C=O) groups excluding carboxylic acids is 1. The van der Waals surface area contributed by atoms with Crippen LogP contribution < -0.4 is 18.1 Å². The molecule has 1 amide bonds. The number of hydrogen-bond donors (Lipinski definition) is 1. The van der Waals surface area contributed by atoms with Crippen molar-refractivity contribution in [3.8, 4) is 0 Å². The first-order valence-corrected chi connectivity index (χ1v) is 9.51. The minimum atomic E-state index is -0.814. The SMILES string of the molecule is CC(C)[N+](C)(CCC(C(N)=O)(c1ccccc1)c1ccccc1)C(C)C.[Cl-]. The van der Waals surface area contributed by atoms with Crippen molar-refractivity contribution in [2.75, 3.05) is 13.6 Å². The van der Waals surface area contributed by atoms with Crippen molar-refractivity contribution in [1.82, 2.24) is 0 Å². The molecule has 0 unspecified atom stereocenters. The molecule has 0 spiro atoms. The molecule has 0 atom stereocenters. The van der Waals surface area contributed by atoms with E-state index in [-0.39, 0.29) is 18.3 Å². The van der Waals surface area contributed by atoms with E-state index in [0.717, 1.165) is 22.2 Å². The highest BCUT2D eigenvalue weighted by Crippen LogP contribution is 2.37. The smallest absolute Gasteiger partial charge is 0.232 e.